The number of hydrogen-bond donors (Lipinski definition) is 3. The van der Waals surface area contributed by atoms with E-state index >= 15 is 0 Å². The largest absolute Gasteiger partial charge is 0.459 e. The van der Waals surface area contributed by atoms with Crippen LogP contribution in [0.25, 0.3) is 11.0 Å². The number of aryl methyl sites for hydroxylation is 1. The fourth-order valence-corrected chi connectivity index (χ4v) is 9.40. The molecule has 0 bridgehead atoms. The summed E-state index contributed by atoms with van der Waals surface area (Å²) in [5, 5.41) is 14.6. The van der Waals surface area contributed by atoms with Crippen LogP contribution < -0.4 is 10.6 Å². The van der Waals surface area contributed by atoms with Gasteiger partial charge < -0.3 is 15.1 Å². The molecule has 176 valence electrons. The van der Waals surface area contributed by atoms with Crippen molar-refractivity contribution in [1.29, 1.82) is 5.41 Å². The number of carbonyl (C=O) groups is 1. The molecule has 33 heavy (non-hydrogen) atoms. The van der Waals surface area contributed by atoms with Crippen molar-refractivity contribution in [3.05, 3.63) is 41.0 Å². The number of para-hydroxylation sites is 1. The molecule has 1 aromatic heterocycles. The van der Waals surface area contributed by atoms with Crippen molar-refractivity contribution < 1.29 is 17.6 Å². The quantitative estimate of drug-likeness (QED) is 0.532. The van der Waals surface area contributed by atoms with Crippen LogP contribution >= 0.6 is 23.4 Å². The van der Waals surface area contributed by atoms with Crippen LogP contribution in [0.5, 0.6) is 0 Å². The number of sulfone groups is 1. The van der Waals surface area contributed by atoms with E-state index in [4.69, 9.17) is 21.4 Å². The minimum atomic E-state index is -3.51. The third kappa shape index (κ3) is 3.88. The molecule has 10 heteroatoms. The van der Waals surface area contributed by atoms with Crippen LogP contribution in [0.3, 0.4) is 0 Å². The predicted molar refractivity (Wildman–Crippen MR) is 133 cm³/mol. The van der Waals surface area contributed by atoms with E-state index in [0.717, 1.165) is 30.4 Å². The number of amidine groups is 1. The van der Waals surface area contributed by atoms with Gasteiger partial charge in [0.2, 0.25) is 0 Å². The number of thioether (sulfide) groups is 1. The summed E-state index contributed by atoms with van der Waals surface area (Å²) in [5.74, 6) is 0.446. The number of fused-ring (bicyclic) bond motifs is 1. The van der Waals surface area contributed by atoms with Gasteiger partial charge in [0, 0.05) is 5.39 Å². The normalized spacial score (nSPS) is 28.5. The lowest BCUT2D eigenvalue weighted by molar-refractivity contribution is -0.112. The lowest BCUT2D eigenvalue weighted by Gasteiger charge is -2.44. The SMILES string of the molecule is Cc1cc2cccc(NC(=O)C3=C[C@H](Cl)C([C@@H]4CS(=O)(=O)C5(CCCCC5)C(=N)N4)S3)c2o1. The highest BCUT2D eigenvalue weighted by Gasteiger charge is 2.54. The van der Waals surface area contributed by atoms with E-state index in [1.807, 2.05) is 25.1 Å². The van der Waals surface area contributed by atoms with Gasteiger partial charge in [-0.05, 0) is 38.0 Å². The van der Waals surface area contributed by atoms with E-state index < -0.39 is 26.0 Å². The Balaban J connectivity index is 1.31. The van der Waals surface area contributed by atoms with E-state index in [-0.39, 0.29) is 22.7 Å². The number of furan rings is 1. The van der Waals surface area contributed by atoms with Crippen molar-refractivity contribution in [2.24, 2.45) is 0 Å². The number of nitrogens with one attached hydrogen (secondary N) is 3. The van der Waals surface area contributed by atoms with Gasteiger partial charge in [-0.25, -0.2) is 8.42 Å². The number of hydrogen-bond acceptors (Lipinski definition) is 6. The fourth-order valence-electron chi connectivity index (χ4n) is 5.17. The first-order chi connectivity index (χ1) is 15.7. The summed E-state index contributed by atoms with van der Waals surface area (Å²) in [6.45, 7) is 1.85. The maximum absolute atomic E-state index is 13.3. The van der Waals surface area contributed by atoms with E-state index in [9.17, 15) is 13.2 Å². The van der Waals surface area contributed by atoms with E-state index in [2.05, 4.69) is 10.6 Å². The minimum absolute atomic E-state index is 0.0794. The average molecular weight is 508 g/mol. The summed E-state index contributed by atoms with van der Waals surface area (Å²) in [5.41, 5.74) is 1.18. The molecule has 7 nitrogen and oxygen atoms in total. The number of halogens is 1. The third-order valence-electron chi connectivity index (χ3n) is 6.86. The first-order valence-corrected chi connectivity index (χ1v) is 14.1. The molecule has 1 saturated carbocycles. The van der Waals surface area contributed by atoms with Crippen molar-refractivity contribution in [1.82, 2.24) is 5.32 Å². The van der Waals surface area contributed by atoms with Crippen LogP contribution in [-0.2, 0) is 14.6 Å². The third-order valence-corrected chi connectivity index (χ3v) is 11.5. The van der Waals surface area contributed by atoms with Crippen LogP contribution in [0, 0.1) is 12.3 Å². The highest BCUT2D eigenvalue weighted by molar-refractivity contribution is 8.05. The highest BCUT2D eigenvalue weighted by Crippen LogP contribution is 2.43. The second-order valence-electron chi connectivity index (χ2n) is 9.06. The molecule has 3 N–H and O–H groups in total. The topological polar surface area (TPSA) is 112 Å². The molecule has 2 aromatic rings. The van der Waals surface area contributed by atoms with Crippen LogP contribution in [0.2, 0.25) is 0 Å². The molecule has 0 radical (unpaired) electrons. The Bertz CT molecular complexity index is 1260. The zero-order valence-electron chi connectivity index (χ0n) is 18.2. The smallest absolute Gasteiger partial charge is 0.261 e. The van der Waals surface area contributed by atoms with Gasteiger partial charge in [-0.1, -0.05) is 31.4 Å². The summed E-state index contributed by atoms with van der Waals surface area (Å²) < 4.78 is 31.2. The molecule has 1 spiro atoms. The standard InChI is InChI=1S/C23H26ClN3O4S2/c1-13-10-14-6-5-7-16(19(14)31-13)26-21(28)18-11-15(24)20(32-18)17-12-33(29,30)23(22(25)27-17)8-3-2-4-9-23/h5-7,10-11,15,17,20H,2-4,8-9,12H2,1H3,(H2,25,27)(H,26,28)/t15-,17-,20?/m0/s1. The van der Waals surface area contributed by atoms with Crippen molar-refractivity contribution in [2.75, 3.05) is 11.1 Å². The molecule has 1 aliphatic carbocycles. The Labute approximate surface area is 202 Å². The molecule has 3 aliphatic rings. The van der Waals surface area contributed by atoms with Gasteiger partial charge >= 0.3 is 0 Å². The van der Waals surface area contributed by atoms with Gasteiger partial charge in [-0.2, -0.15) is 0 Å². The predicted octanol–water partition coefficient (Wildman–Crippen LogP) is 4.35. The lowest BCUT2D eigenvalue weighted by atomic mass is 9.86. The highest BCUT2D eigenvalue weighted by atomic mass is 35.5. The Morgan fingerprint density at radius 1 is 1.30 bits per heavy atom. The summed E-state index contributed by atoms with van der Waals surface area (Å²) in [7, 11) is -3.51. The molecule has 1 amide bonds. The van der Waals surface area contributed by atoms with Gasteiger partial charge in [0.05, 0.1) is 33.0 Å². The number of benzene rings is 1. The molecule has 1 unspecified atom stereocenters. The van der Waals surface area contributed by atoms with E-state index in [1.54, 1.807) is 12.1 Å². The molecular weight excluding hydrogens is 482 g/mol. The van der Waals surface area contributed by atoms with Crippen LogP contribution in [0.15, 0.2) is 39.7 Å². The number of allylic oxidation sites excluding steroid dienone is 1. The molecule has 5 rings (SSSR count). The summed E-state index contributed by atoms with van der Waals surface area (Å²) in [6, 6.07) is 6.92. The Kier molecular flexibility index (Phi) is 5.77. The maximum atomic E-state index is 13.3. The van der Waals surface area contributed by atoms with Crippen LogP contribution in [0.4, 0.5) is 5.69 Å². The van der Waals surface area contributed by atoms with Gasteiger partial charge in [-0.15, -0.1) is 23.4 Å². The minimum Gasteiger partial charge on any atom is -0.459 e. The van der Waals surface area contributed by atoms with Gasteiger partial charge in [-0.3, -0.25) is 10.2 Å². The van der Waals surface area contributed by atoms with Crippen molar-refractivity contribution in [3.8, 4) is 0 Å². The number of amides is 1. The second-order valence-corrected chi connectivity index (χ2v) is 13.1. The number of alkyl halides is 1. The molecule has 2 fully saturated rings. The first-order valence-electron chi connectivity index (χ1n) is 11.1. The molecular formula is C23H26ClN3O4S2. The van der Waals surface area contributed by atoms with Gasteiger partial charge in [0.15, 0.2) is 15.4 Å². The van der Waals surface area contributed by atoms with Crippen molar-refractivity contribution in [2.45, 2.75) is 60.4 Å². The number of rotatable bonds is 3. The van der Waals surface area contributed by atoms with Gasteiger partial charge in [0.25, 0.3) is 5.91 Å². The summed E-state index contributed by atoms with van der Waals surface area (Å²) in [4.78, 5) is 13.4. The monoisotopic (exact) mass is 507 g/mol. The van der Waals surface area contributed by atoms with Crippen molar-refractivity contribution >= 4 is 61.6 Å². The number of anilines is 1. The zero-order valence-corrected chi connectivity index (χ0v) is 20.6. The van der Waals surface area contributed by atoms with Crippen LogP contribution in [0.1, 0.15) is 37.9 Å². The molecule has 1 aromatic carbocycles. The van der Waals surface area contributed by atoms with Gasteiger partial charge in [0.1, 0.15) is 16.3 Å². The molecule has 2 aliphatic heterocycles. The molecule has 3 atom stereocenters. The maximum Gasteiger partial charge on any atom is 0.261 e. The van der Waals surface area contributed by atoms with Crippen molar-refractivity contribution in [3.63, 3.8) is 0 Å². The Morgan fingerprint density at radius 2 is 2.06 bits per heavy atom. The van der Waals surface area contributed by atoms with E-state index in [1.165, 1.54) is 11.8 Å². The Morgan fingerprint density at radius 3 is 2.79 bits per heavy atom. The van der Waals surface area contributed by atoms with E-state index in [0.29, 0.717) is 29.0 Å². The number of carbonyl (C=O) groups excluding carboxylic acids is 1. The molecule has 1 saturated heterocycles. The fraction of sp³-hybridized carbons (Fsp3) is 0.478. The lowest BCUT2D eigenvalue weighted by Crippen LogP contribution is -2.65. The second kappa shape index (κ2) is 8.36. The van der Waals surface area contributed by atoms with Crippen LogP contribution in [-0.4, -0.2) is 47.3 Å². The summed E-state index contributed by atoms with van der Waals surface area (Å²) in [6.07, 6.45) is 5.31. The zero-order chi connectivity index (χ0) is 23.4. The first kappa shape index (κ1) is 22.8. The average Bonchev–Trinajstić information content (AvgIpc) is 3.35. The summed E-state index contributed by atoms with van der Waals surface area (Å²) >= 11 is 7.83. The Hall–Kier alpha value is -1.97. The molecule has 3 heterocycles.